The van der Waals surface area contributed by atoms with Gasteiger partial charge in [0.2, 0.25) is 0 Å². The molecular formula is C23H26O3. The molecule has 1 N–H and O–H groups in total. The van der Waals surface area contributed by atoms with Crippen molar-refractivity contribution in [2.24, 2.45) is 0 Å². The predicted molar refractivity (Wildman–Crippen MR) is 104 cm³/mol. The smallest absolute Gasteiger partial charge is 0.336 e. The van der Waals surface area contributed by atoms with Crippen LogP contribution in [-0.4, -0.2) is 17.0 Å². The van der Waals surface area contributed by atoms with E-state index in [0.717, 1.165) is 18.4 Å². The first-order valence-electron chi connectivity index (χ1n) is 9.13. The summed E-state index contributed by atoms with van der Waals surface area (Å²) in [6.07, 6.45) is 4.17. The monoisotopic (exact) mass is 350 g/mol. The van der Waals surface area contributed by atoms with Crippen LogP contribution >= 0.6 is 0 Å². The van der Waals surface area contributed by atoms with Crippen LogP contribution in [0.1, 0.15) is 70.6 Å². The van der Waals surface area contributed by atoms with Gasteiger partial charge in [0.05, 0.1) is 5.57 Å². The number of hydrogen-bond acceptors (Lipinski definition) is 2. The van der Waals surface area contributed by atoms with E-state index in [-0.39, 0.29) is 16.4 Å². The van der Waals surface area contributed by atoms with Crippen LogP contribution in [0.3, 0.4) is 0 Å². The molecule has 0 radical (unpaired) electrons. The molecule has 0 saturated carbocycles. The first kappa shape index (κ1) is 18.4. The van der Waals surface area contributed by atoms with Gasteiger partial charge in [-0.3, -0.25) is 0 Å². The Hall–Kier alpha value is -2.38. The quantitative estimate of drug-likeness (QED) is 0.765. The summed E-state index contributed by atoms with van der Waals surface area (Å²) in [5.74, 6) is 1.02. The van der Waals surface area contributed by atoms with E-state index >= 15 is 0 Å². The highest BCUT2D eigenvalue weighted by atomic mass is 16.4. The molecule has 1 aromatic rings. The standard InChI is InChI=1S/C23H26O3/c1-14-16(13-24)6-8-17(21(25)26)20(14)15-7-9-18-19(12-15)23(4,5)11-10-22(18,2)3/h7-9,12H,6,10-11H2,1-5H3,(H,25,26). The Labute approximate surface area is 155 Å². The van der Waals surface area contributed by atoms with Crippen molar-refractivity contribution in [1.82, 2.24) is 0 Å². The molecule has 0 aliphatic heterocycles. The zero-order chi connectivity index (χ0) is 19.3. The zero-order valence-electron chi connectivity index (χ0n) is 16.2. The van der Waals surface area contributed by atoms with E-state index in [9.17, 15) is 14.7 Å². The second kappa shape index (κ2) is 6.10. The van der Waals surface area contributed by atoms with Gasteiger partial charge in [0.25, 0.3) is 0 Å². The number of carboxylic acids is 1. The van der Waals surface area contributed by atoms with Gasteiger partial charge in [-0.15, -0.1) is 0 Å². The average Bonchev–Trinajstić information content (AvgIpc) is 2.58. The maximum atomic E-state index is 11.8. The van der Waals surface area contributed by atoms with Gasteiger partial charge in [0.15, 0.2) is 0 Å². The molecule has 0 amide bonds. The lowest BCUT2D eigenvalue weighted by Crippen LogP contribution is -2.33. The van der Waals surface area contributed by atoms with Crippen molar-refractivity contribution in [3.8, 4) is 0 Å². The second-order valence-electron chi connectivity index (χ2n) is 8.74. The van der Waals surface area contributed by atoms with Crippen LogP contribution < -0.4 is 0 Å². The first-order chi connectivity index (χ1) is 12.1. The molecule has 2 aliphatic rings. The highest BCUT2D eigenvalue weighted by Gasteiger charge is 2.37. The Balaban J connectivity index is 2.26. The van der Waals surface area contributed by atoms with Gasteiger partial charge in [-0.25, -0.2) is 9.59 Å². The Morgan fingerprint density at radius 2 is 1.69 bits per heavy atom. The van der Waals surface area contributed by atoms with E-state index < -0.39 is 5.97 Å². The van der Waals surface area contributed by atoms with Gasteiger partial charge in [-0.05, 0) is 58.4 Å². The van der Waals surface area contributed by atoms with Crippen molar-refractivity contribution in [2.45, 2.75) is 64.7 Å². The summed E-state index contributed by atoms with van der Waals surface area (Å²) in [4.78, 5) is 23.1. The van der Waals surface area contributed by atoms with Crippen LogP contribution in [0.15, 0.2) is 41.0 Å². The molecule has 3 heteroatoms. The number of fused-ring (bicyclic) bond motifs is 1. The van der Waals surface area contributed by atoms with E-state index in [1.54, 1.807) is 6.08 Å². The molecule has 0 spiro atoms. The highest BCUT2D eigenvalue weighted by molar-refractivity contribution is 6.08. The van der Waals surface area contributed by atoms with Crippen molar-refractivity contribution in [3.63, 3.8) is 0 Å². The maximum absolute atomic E-state index is 11.8. The fraction of sp³-hybridized carbons (Fsp3) is 0.435. The maximum Gasteiger partial charge on any atom is 0.336 e. The second-order valence-corrected chi connectivity index (χ2v) is 8.74. The molecule has 3 rings (SSSR count). The minimum Gasteiger partial charge on any atom is -0.478 e. The van der Waals surface area contributed by atoms with Crippen LogP contribution in [0.4, 0.5) is 0 Å². The lowest BCUT2D eigenvalue weighted by atomic mass is 9.62. The molecule has 0 heterocycles. The summed E-state index contributed by atoms with van der Waals surface area (Å²) in [7, 11) is 0. The number of carboxylic acid groups (broad SMARTS) is 1. The topological polar surface area (TPSA) is 54.4 Å². The fourth-order valence-corrected chi connectivity index (χ4v) is 4.24. The number of allylic oxidation sites excluding steroid dienone is 3. The van der Waals surface area contributed by atoms with Crippen LogP contribution in [0.5, 0.6) is 0 Å². The Bertz CT molecular complexity index is 903. The summed E-state index contributed by atoms with van der Waals surface area (Å²) in [5, 5.41) is 9.66. The Kier molecular flexibility index (Phi) is 4.32. The van der Waals surface area contributed by atoms with E-state index in [2.05, 4.69) is 39.8 Å². The molecule has 0 fully saturated rings. The summed E-state index contributed by atoms with van der Waals surface area (Å²) < 4.78 is 0. The summed E-state index contributed by atoms with van der Waals surface area (Å²) >= 11 is 0. The third-order valence-corrected chi connectivity index (χ3v) is 6.10. The first-order valence-corrected chi connectivity index (χ1v) is 9.13. The number of benzene rings is 1. The van der Waals surface area contributed by atoms with Crippen LogP contribution in [0.25, 0.3) is 5.57 Å². The van der Waals surface area contributed by atoms with Gasteiger partial charge in [-0.2, -0.15) is 0 Å². The summed E-state index contributed by atoms with van der Waals surface area (Å²) in [6, 6.07) is 6.29. The molecule has 0 saturated heterocycles. The summed E-state index contributed by atoms with van der Waals surface area (Å²) in [6.45, 7) is 10.8. The molecule has 0 aromatic heterocycles. The lowest BCUT2D eigenvalue weighted by molar-refractivity contribution is -0.132. The van der Waals surface area contributed by atoms with Crippen molar-refractivity contribution in [3.05, 3.63) is 57.7 Å². The third-order valence-electron chi connectivity index (χ3n) is 6.10. The highest BCUT2D eigenvalue weighted by Crippen LogP contribution is 2.47. The van der Waals surface area contributed by atoms with Crippen LogP contribution in [-0.2, 0) is 20.4 Å². The predicted octanol–water partition coefficient (Wildman–Crippen LogP) is 4.98. The number of rotatable bonds is 2. The molecule has 0 bridgehead atoms. The van der Waals surface area contributed by atoms with Crippen molar-refractivity contribution < 1.29 is 14.7 Å². The van der Waals surface area contributed by atoms with Crippen molar-refractivity contribution in [2.75, 3.05) is 0 Å². The van der Waals surface area contributed by atoms with E-state index in [4.69, 9.17) is 0 Å². The molecule has 0 unspecified atom stereocenters. The van der Waals surface area contributed by atoms with Gasteiger partial charge in [0, 0.05) is 12.0 Å². The third kappa shape index (κ3) is 2.87. The minimum absolute atomic E-state index is 0.0421. The normalized spacial score (nSPS) is 21.0. The van der Waals surface area contributed by atoms with E-state index in [0.29, 0.717) is 23.1 Å². The summed E-state index contributed by atoms with van der Waals surface area (Å²) in [5.41, 5.74) is 5.79. The molecular weight excluding hydrogens is 324 g/mol. The van der Waals surface area contributed by atoms with Gasteiger partial charge >= 0.3 is 5.97 Å². The number of aliphatic carboxylic acids is 1. The molecule has 1 aromatic carbocycles. The number of carbonyl (C=O) groups is 1. The van der Waals surface area contributed by atoms with Crippen molar-refractivity contribution in [1.29, 1.82) is 0 Å². The lowest BCUT2D eigenvalue weighted by Gasteiger charge is -2.42. The van der Waals surface area contributed by atoms with Crippen LogP contribution in [0.2, 0.25) is 0 Å². The molecule has 0 atom stereocenters. The molecule has 2 aliphatic carbocycles. The largest absolute Gasteiger partial charge is 0.478 e. The van der Waals surface area contributed by atoms with Gasteiger partial charge < -0.3 is 5.11 Å². The molecule has 26 heavy (non-hydrogen) atoms. The van der Waals surface area contributed by atoms with Gasteiger partial charge in [0.1, 0.15) is 5.94 Å². The molecule has 3 nitrogen and oxygen atoms in total. The Morgan fingerprint density at radius 3 is 2.27 bits per heavy atom. The van der Waals surface area contributed by atoms with Gasteiger partial charge in [-0.1, -0.05) is 52.0 Å². The van der Waals surface area contributed by atoms with Crippen LogP contribution in [0, 0.1) is 0 Å². The fourth-order valence-electron chi connectivity index (χ4n) is 4.24. The zero-order valence-corrected chi connectivity index (χ0v) is 16.2. The van der Waals surface area contributed by atoms with E-state index in [1.807, 2.05) is 18.9 Å². The SMILES string of the molecule is CC1=C(c2ccc3c(c2)C(C)(C)CCC3(C)C)C(C(=O)O)=CCC1=C=O. The minimum atomic E-state index is -0.957. The average molecular weight is 350 g/mol. The molecule has 136 valence electrons. The van der Waals surface area contributed by atoms with Crippen molar-refractivity contribution >= 4 is 17.5 Å². The number of carbonyl (C=O) groups excluding carboxylic acids is 1. The van der Waals surface area contributed by atoms with E-state index in [1.165, 1.54) is 11.1 Å². The Morgan fingerprint density at radius 1 is 1.08 bits per heavy atom. The number of hydrogen-bond donors (Lipinski definition) is 1.